The Balaban J connectivity index is 1.68. The molecule has 0 bridgehead atoms. The van der Waals surface area contributed by atoms with E-state index in [0.29, 0.717) is 28.4 Å². The van der Waals surface area contributed by atoms with E-state index < -0.39 is 5.82 Å². The van der Waals surface area contributed by atoms with Crippen molar-refractivity contribution in [2.75, 3.05) is 26.2 Å². The Labute approximate surface area is 146 Å². The molecule has 25 heavy (non-hydrogen) atoms. The fourth-order valence-corrected chi connectivity index (χ4v) is 4.05. The molecular formula is C19H23FN4O. The number of aromatic nitrogens is 2. The van der Waals surface area contributed by atoms with Gasteiger partial charge in [-0.15, -0.1) is 0 Å². The van der Waals surface area contributed by atoms with Crippen LogP contribution >= 0.6 is 0 Å². The maximum absolute atomic E-state index is 14.1. The second kappa shape index (κ2) is 6.33. The third kappa shape index (κ3) is 2.99. The molecule has 132 valence electrons. The molecule has 1 aromatic carbocycles. The van der Waals surface area contributed by atoms with Gasteiger partial charge in [-0.1, -0.05) is 0 Å². The third-order valence-electron chi connectivity index (χ3n) is 5.68. The number of hydrogen-bond acceptors (Lipinski definition) is 4. The van der Waals surface area contributed by atoms with Crippen LogP contribution in [0.2, 0.25) is 0 Å². The zero-order valence-corrected chi connectivity index (χ0v) is 14.7. The van der Waals surface area contributed by atoms with Crippen molar-refractivity contribution in [3.8, 4) is 0 Å². The average molecular weight is 342 g/mol. The molecule has 0 spiro atoms. The van der Waals surface area contributed by atoms with Gasteiger partial charge in [-0.05, 0) is 57.7 Å². The maximum atomic E-state index is 14.1. The summed E-state index contributed by atoms with van der Waals surface area (Å²) in [7, 11) is 0. The Bertz CT molecular complexity index is 824. The first-order valence-corrected chi connectivity index (χ1v) is 8.97. The molecule has 2 atom stereocenters. The predicted molar refractivity (Wildman–Crippen MR) is 94.0 cm³/mol. The summed E-state index contributed by atoms with van der Waals surface area (Å²) in [4.78, 5) is 23.9. The number of carbonyl (C=O) groups excluding carboxylic acids is 1. The third-order valence-corrected chi connectivity index (χ3v) is 5.68. The molecule has 2 aromatic rings. The van der Waals surface area contributed by atoms with Gasteiger partial charge < -0.3 is 10.2 Å². The smallest absolute Gasteiger partial charge is 0.256 e. The summed E-state index contributed by atoms with van der Waals surface area (Å²) in [5, 5.41) is 3.44. The molecule has 2 saturated heterocycles. The van der Waals surface area contributed by atoms with Gasteiger partial charge >= 0.3 is 0 Å². The van der Waals surface area contributed by atoms with E-state index in [1.165, 1.54) is 12.1 Å². The monoisotopic (exact) mass is 342 g/mol. The van der Waals surface area contributed by atoms with Crippen molar-refractivity contribution >= 4 is 16.9 Å². The second-order valence-electron chi connectivity index (χ2n) is 7.26. The summed E-state index contributed by atoms with van der Waals surface area (Å²) in [6.45, 7) is 7.23. The molecule has 6 heteroatoms. The first-order chi connectivity index (χ1) is 12.0. The van der Waals surface area contributed by atoms with Crippen molar-refractivity contribution in [3.63, 3.8) is 0 Å². The number of amides is 1. The number of nitrogens with one attached hydrogen (secondary N) is 1. The van der Waals surface area contributed by atoms with Crippen LogP contribution in [0.4, 0.5) is 4.39 Å². The highest BCUT2D eigenvalue weighted by Crippen LogP contribution is 2.28. The highest BCUT2D eigenvalue weighted by Gasteiger charge is 2.32. The van der Waals surface area contributed by atoms with Crippen molar-refractivity contribution in [2.24, 2.45) is 11.8 Å². The Morgan fingerprint density at radius 2 is 1.76 bits per heavy atom. The number of hydrogen-bond donors (Lipinski definition) is 1. The highest BCUT2D eigenvalue weighted by atomic mass is 19.1. The molecule has 0 aliphatic carbocycles. The van der Waals surface area contributed by atoms with Crippen molar-refractivity contribution in [3.05, 3.63) is 34.9 Å². The molecule has 2 fully saturated rings. The van der Waals surface area contributed by atoms with Crippen molar-refractivity contribution in [2.45, 2.75) is 26.7 Å². The molecule has 3 heterocycles. The lowest BCUT2D eigenvalue weighted by atomic mass is 9.92. The predicted octanol–water partition coefficient (Wildman–Crippen LogP) is 2.46. The van der Waals surface area contributed by atoms with E-state index >= 15 is 0 Å². The summed E-state index contributed by atoms with van der Waals surface area (Å²) < 4.78 is 14.1. The molecule has 1 aromatic heterocycles. The summed E-state index contributed by atoms with van der Waals surface area (Å²) in [5.74, 6) is 0.720. The lowest BCUT2D eigenvalue weighted by Gasteiger charge is -2.21. The molecule has 5 nitrogen and oxygen atoms in total. The maximum Gasteiger partial charge on any atom is 0.256 e. The van der Waals surface area contributed by atoms with Gasteiger partial charge in [0, 0.05) is 19.2 Å². The van der Waals surface area contributed by atoms with Crippen molar-refractivity contribution < 1.29 is 9.18 Å². The average Bonchev–Trinajstić information content (AvgIpc) is 2.94. The number of rotatable bonds is 1. The summed E-state index contributed by atoms with van der Waals surface area (Å²) in [5.41, 5.74) is 2.80. The lowest BCUT2D eigenvalue weighted by molar-refractivity contribution is 0.0760. The fourth-order valence-electron chi connectivity index (χ4n) is 4.05. The molecular weight excluding hydrogens is 319 g/mol. The highest BCUT2D eigenvalue weighted by molar-refractivity contribution is 6.04. The van der Waals surface area contributed by atoms with Crippen LogP contribution in [0.5, 0.6) is 0 Å². The van der Waals surface area contributed by atoms with Gasteiger partial charge in [-0.25, -0.2) is 14.4 Å². The van der Waals surface area contributed by atoms with E-state index in [2.05, 4.69) is 15.3 Å². The largest absolute Gasteiger partial charge is 0.339 e. The minimum absolute atomic E-state index is 0.130. The number of fused-ring (bicyclic) bond motifs is 2. The molecule has 4 rings (SSSR count). The van der Waals surface area contributed by atoms with Gasteiger partial charge in [0.15, 0.2) is 0 Å². The van der Waals surface area contributed by atoms with Crippen molar-refractivity contribution in [1.82, 2.24) is 20.2 Å². The zero-order chi connectivity index (χ0) is 17.6. The molecule has 1 N–H and O–H groups in total. The summed E-state index contributed by atoms with van der Waals surface area (Å²) in [6, 6.07) is 2.66. The van der Waals surface area contributed by atoms with Crippen LogP contribution in [-0.2, 0) is 0 Å². The molecule has 2 aliphatic rings. The van der Waals surface area contributed by atoms with Gasteiger partial charge in [0.25, 0.3) is 5.91 Å². The molecule has 2 aliphatic heterocycles. The number of aryl methyl sites for hydroxylation is 2. The van der Waals surface area contributed by atoms with E-state index in [0.717, 1.165) is 50.4 Å². The minimum atomic E-state index is -0.440. The van der Waals surface area contributed by atoms with E-state index in [1.807, 2.05) is 18.7 Å². The van der Waals surface area contributed by atoms with Crippen LogP contribution in [0.3, 0.4) is 0 Å². The van der Waals surface area contributed by atoms with Gasteiger partial charge in [0.05, 0.1) is 22.5 Å². The molecule has 1 amide bonds. The van der Waals surface area contributed by atoms with E-state index in [-0.39, 0.29) is 5.91 Å². The lowest BCUT2D eigenvalue weighted by Crippen LogP contribution is -2.33. The van der Waals surface area contributed by atoms with E-state index in [1.54, 1.807) is 0 Å². The van der Waals surface area contributed by atoms with Crippen LogP contribution in [0.1, 0.15) is 34.6 Å². The molecule has 0 saturated carbocycles. The first-order valence-electron chi connectivity index (χ1n) is 8.97. The van der Waals surface area contributed by atoms with Crippen molar-refractivity contribution in [1.29, 1.82) is 0 Å². The minimum Gasteiger partial charge on any atom is -0.339 e. The van der Waals surface area contributed by atoms with Crippen LogP contribution in [0.25, 0.3) is 11.0 Å². The SMILES string of the molecule is Cc1nc2cc(F)cc(C(=O)N3CC[C@@H]4CNC[C@@H]4CC3)c2nc1C. The Kier molecular flexibility index (Phi) is 4.15. The Morgan fingerprint density at radius 1 is 1.12 bits per heavy atom. The van der Waals surface area contributed by atoms with Gasteiger partial charge in [0.2, 0.25) is 0 Å². The van der Waals surface area contributed by atoms with E-state index in [4.69, 9.17) is 0 Å². The van der Waals surface area contributed by atoms with Gasteiger partial charge in [0.1, 0.15) is 11.3 Å². The summed E-state index contributed by atoms with van der Waals surface area (Å²) in [6.07, 6.45) is 2.00. The van der Waals surface area contributed by atoms with Gasteiger partial charge in [-0.2, -0.15) is 0 Å². The number of likely N-dealkylation sites (tertiary alicyclic amines) is 1. The second-order valence-corrected chi connectivity index (χ2v) is 7.26. The Morgan fingerprint density at radius 3 is 2.44 bits per heavy atom. The van der Waals surface area contributed by atoms with Gasteiger partial charge in [-0.3, -0.25) is 4.79 Å². The summed E-state index contributed by atoms with van der Waals surface area (Å²) >= 11 is 0. The van der Waals surface area contributed by atoms with Crippen LogP contribution < -0.4 is 5.32 Å². The molecule has 0 radical (unpaired) electrons. The normalized spacial score (nSPS) is 23.6. The van der Waals surface area contributed by atoms with E-state index in [9.17, 15) is 9.18 Å². The standard InChI is InChI=1S/C19H23FN4O/c1-11-12(2)23-18-16(7-15(20)8-17(18)22-11)19(25)24-5-3-13-9-21-10-14(13)4-6-24/h7-8,13-14,21H,3-6,9-10H2,1-2H3/t13-,14+. The first kappa shape index (κ1) is 16.4. The zero-order valence-electron chi connectivity index (χ0n) is 14.7. The Hall–Kier alpha value is -2.08. The molecule has 0 unspecified atom stereocenters. The number of halogens is 1. The number of benzene rings is 1. The van der Waals surface area contributed by atoms with Crippen LogP contribution in [0, 0.1) is 31.5 Å². The number of nitrogens with zero attached hydrogens (tertiary/aromatic N) is 3. The topological polar surface area (TPSA) is 58.1 Å². The van der Waals surface area contributed by atoms with Crippen LogP contribution in [-0.4, -0.2) is 47.0 Å². The number of carbonyl (C=O) groups is 1. The fraction of sp³-hybridized carbons (Fsp3) is 0.526. The van der Waals surface area contributed by atoms with Crippen LogP contribution in [0.15, 0.2) is 12.1 Å². The quantitative estimate of drug-likeness (QED) is 0.865.